The first-order valence-corrected chi connectivity index (χ1v) is 39.0. The van der Waals surface area contributed by atoms with Crippen LogP contribution in [0, 0.1) is 11.8 Å². The number of aliphatic hydroxyl groups excluding tert-OH is 1. The molecule has 0 aliphatic carbocycles. The fourth-order valence-corrected chi connectivity index (χ4v) is 12.0. The molecule has 19 heteroatoms. The van der Waals surface area contributed by atoms with Gasteiger partial charge in [-0.15, -0.1) is 0 Å². The second kappa shape index (κ2) is 61.3. The van der Waals surface area contributed by atoms with Gasteiger partial charge in [0.15, 0.2) is 12.2 Å². The van der Waals surface area contributed by atoms with Crippen molar-refractivity contribution in [1.29, 1.82) is 0 Å². The summed E-state index contributed by atoms with van der Waals surface area (Å²) in [4.78, 5) is 72.4. The van der Waals surface area contributed by atoms with Gasteiger partial charge in [-0.3, -0.25) is 37.3 Å². The molecule has 6 atom stereocenters. The van der Waals surface area contributed by atoms with Crippen LogP contribution < -0.4 is 0 Å². The molecule has 522 valence electrons. The molecule has 0 heterocycles. The predicted molar refractivity (Wildman–Crippen MR) is 354 cm³/mol. The molecule has 0 saturated heterocycles. The molecule has 0 fully saturated rings. The van der Waals surface area contributed by atoms with E-state index in [0.29, 0.717) is 25.7 Å². The Labute approximate surface area is 537 Å². The van der Waals surface area contributed by atoms with E-state index in [1.165, 1.54) is 154 Å². The minimum Gasteiger partial charge on any atom is -0.462 e. The second-order valence-electron chi connectivity index (χ2n) is 25.6. The number of hydrogen-bond acceptors (Lipinski definition) is 15. The highest BCUT2D eigenvalue weighted by atomic mass is 31.2. The minimum atomic E-state index is -4.95. The van der Waals surface area contributed by atoms with Crippen LogP contribution in [0.2, 0.25) is 0 Å². The third-order valence-electron chi connectivity index (χ3n) is 16.3. The lowest BCUT2D eigenvalue weighted by molar-refractivity contribution is -0.161. The molecule has 0 radical (unpaired) electrons. The van der Waals surface area contributed by atoms with Crippen LogP contribution in [-0.2, 0) is 65.4 Å². The molecule has 0 saturated carbocycles. The standard InChI is InChI=1S/C69H134O17P2/c1-7-10-12-14-16-17-18-19-20-21-22-23-28-35-41-47-53-68(73)85-65(58-80-67(72)52-46-40-34-27-25-24-26-33-38-44-50-62(6)9-3)60-84-88(77,78)82-56-63(70)55-81-87(75,76)83-59-64(57-79-66(71)51-45-39-31-15-13-11-8-2)86-69(74)54-48-42-36-30-29-32-37-43-49-61(4)5/h61-65,70H,7-60H2,1-6H3,(H,75,76)(H,77,78)/t62?,63-,64+,65+/m0/s1. The highest BCUT2D eigenvalue weighted by Gasteiger charge is 2.30. The Morgan fingerprint density at radius 1 is 0.330 bits per heavy atom. The fraction of sp³-hybridized carbons (Fsp3) is 0.942. The molecule has 0 bridgehead atoms. The monoisotopic (exact) mass is 1300 g/mol. The van der Waals surface area contributed by atoms with E-state index in [0.717, 1.165) is 115 Å². The van der Waals surface area contributed by atoms with Gasteiger partial charge in [0.2, 0.25) is 0 Å². The predicted octanol–water partition coefficient (Wildman–Crippen LogP) is 19.6. The lowest BCUT2D eigenvalue weighted by Crippen LogP contribution is -2.30. The smallest absolute Gasteiger partial charge is 0.462 e. The Bertz CT molecular complexity index is 1720. The number of unbranched alkanes of at least 4 members (excludes halogenated alkanes) is 37. The molecule has 0 aromatic carbocycles. The summed E-state index contributed by atoms with van der Waals surface area (Å²) >= 11 is 0. The Hall–Kier alpha value is -1.94. The van der Waals surface area contributed by atoms with Crippen molar-refractivity contribution in [2.24, 2.45) is 11.8 Å². The van der Waals surface area contributed by atoms with Crippen LogP contribution in [-0.4, -0.2) is 96.7 Å². The molecule has 0 rings (SSSR count). The molecule has 3 N–H and O–H groups in total. The van der Waals surface area contributed by atoms with Crippen LogP contribution >= 0.6 is 15.6 Å². The Kier molecular flexibility index (Phi) is 59.9. The van der Waals surface area contributed by atoms with Crippen LogP contribution in [0.5, 0.6) is 0 Å². The molecule has 0 aliphatic rings. The van der Waals surface area contributed by atoms with Crippen molar-refractivity contribution in [3.8, 4) is 0 Å². The van der Waals surface area contributed by atoms with Crippen molar-refractivity contribution in [3.63, 3.8) is 0 Å². The Balaban J connectivity index is 5.21. The zero-order valence-corrected chi connectivity index (χ0v) is 58.8. The van der Waals surface area contributed by atoms with E-state index in [4.69, 9.17) is 37.0 Å². The minimum absolute atomic E-state index is 0.104. The number of rotatable bonds is 68. The third kappa shape index (κ3) is 61.6. The summed E-state index contributed by atoms with van der Waals surface area (Å²) in [6, 6.07) is 0. The first-order chi connectivity index (χ1) is 42.4. The van der Waals surface area contributed by atoms with Crippen molar-refractivity contribution >= 4 is 39.5 Å². The molecular weight excluding hydrogens is 1160 g/mol. The van der Waals surface area contributed by atoms with E-state index in [1.54, 1.807) is 0 Å². The van der Waals surface area contributed by atoms with Gasteiger partial charge in [-0.05, 0) is 37.5 Å². The fourth-order valence-electron chi connectivity index (χ4n) is 10.4. The van der Waals surface area contributed by atoms with E-state index < -0.39 is 97.5 Å². The molecule has 0 aromatic heterocycles. The second-order valence-corrected chi connectivity index (χ2v) is 28.5. The number of ether oxygens (including phenoxy) is 4. The number of aliphatic hydroxyl groups is 1. The van der Waals surface area contributed by atoms with Crippen LogP contribution in [0.4, 0.5) is 0 Å². The molecule has 0 amide bonds. The van der Waals surface area contributed by atoms with E-state index in [9.17, 15) is 43.2 Å². The number of hydrogen-bond donors (Lipinski definition) is 3. The van der Waals surface area contributed by atoms with Gasteiger partial charge in [0, 0.05) is 25.7 Å². The summed E-state index contributed by atoms with van der Waals surface area (Å²) in [5.41, 5.74) is 0. The number of carbonyl (C=O) groups is 4. The number of carbonyl (C=O) groups excluding carboxylic acids is 4. The lowest BCUT2D eigenvalue weighted by Gasteiger charge is -2.21. The van der Waals surface area contributed by atoms with E-state index >= 15 is 0 Å². The van der Waals surface area contributed by atoms with Crippen molar-refractivity contribution in [2.45, 2.75) is 368 Å². The highest BCUT2D eigenvalue weighted by molar-refractivity contribution is 7.47. The Morgan fingerprint density at radius 3 is 0.864 bits per heavy atom. The van der Waals surface area contributed by atoms with E-state index in [1.807, 2.05) is 0 Å². The maximum atomic E-state index is 13.0. The van der Waals surface area contributed by atoms with Gasteiger partial charge in [0.1, 0.15) is 19.3 Å². The van der Waals surface area contributed by atoms with Gasteiger partial charge in [-0.2, -0.15) is 0 Å². The van der Waals surface area contributed by atoms with E-state index in [-0.39, 0.29) is 25.7 Å². The normalized spacial score (nSPS) is 14.5. The first-order valence-electron chi connectivity index (χ1n) is 36.0. The van der Waals surface area contributed by atoms with Gasteiger partial charge in [0.25, 0.3) is 0 Å². The lowest BCUT2D eigenvalue weighted by atomic mass is 9.99. The highest BCUT2D eigenvalue weighted by Crippen LogP contribution is 2.45. The molecule has 0 aromatic rings. The number of phosphoric acid groups is 2. The molecular formula is C69H134O17P2. The topological polar surface area (TPSA) is 237 Å². The third-order valence-corrected chi connectivity index (χ3v) is 18.2. The quantitative estimate of drug-likeness (QED) is 0.0222. The van der Waals surface area contributed by atoms with Crippen LogP contribution in [0.1, 0.15) is 350 Å². The van der Waals surface area contributed by atoms with Gasteiger partial charge in [0.05, 0.1) is 26.4 Å². The number of phosphoric ester groups is 2. The van der Waals surface area contributed by atoms with Gasteiger partial charge in [-0.1, -0.05) is 298 Å². The average Bonchev–Trinajstić information content (AvgIpc) is 3.59. The van der Waals surface area contributed by atoms with Crippen molar-refractivity contribution in [1.82, 2.24) is 0 Å². The zero-order valence-electron chi connectivity index (χ0n) is 57.0. The largest absolute Gasteiger partial charge is 0.472 e. The van der Waals surface area contributed by atoms with Crippen LogP contribution in [0.3, 0.4) is 0 Å². The summed E-state index contributed by atoms with van der Waals surface area (Å²) in [6.07, 6.45) is 45.9. The molecule has 0 aliphatic heterocycles. The Morgan fingerprint density at radius 2 is 0.580 bits per heavy atom. The molecule has 3 unspecified atom stereocenters. The average molecular weight is 1300 g/mol. The summed E-state index contributed by atoms with van der Waals surface area (Å²) in [7, 11) is -9.89. The summed E-state index contributed by atoms with van der Waals surface area (Å²) in [5, 5.41) is 10.6. The van der Waals surface area contributed by atoms with Crippen molar-refractivity contribution < 1.29 is 80.2 Å². The van der Waals surface area contributed by atoms with Crippen molar-refractivity contribution in [2.75, 3.05) is 39.6 Å². The summed E-state index contributed by atoms with van der Waals surface area (Å²) < 4.78 is 68.1. The van der Waals surface area contributed by atoms with Crippen molar-refractivity contribution in [3.05, 3.63) is 0 Å². The van der Waals surface area contributed by atoms with Gasteiger partial charge >= 0.3 is 39.5 Å². The number of esters is 4. The first kappa shape index (κ1) is 86.1. The SMILES string of the molecule is CCCCCCCCCCCCCCCCCCC(=O)O[C@H](COC(=O)CCCCCCCCCCCCC(C)CC)COP(=O)(O)OC[C@@H](O)COP(=O)(O)OC[C@@H](COC(=O)CCCCCCCCC)OC(=O)CCCCCCCCCCC(C)C. The maximum absolute atomic E-state index is 13.0. The van der Waals surface area contributed by atoms with Gasteiger partial charge in [-0.25, -0.2) is 9.13 Å². The van der Waals surface area contributed by atoms with Crippen LogP contribution in [0.15, 0.2) is 0 Å². The zero-order chi connectivity index (χ0) is 65.0. The molecule has 88 heavy (non-hydrogen) atoms. The maximum Gasteiger partial charge on any atom is 0.472 e. The summed E-state index contributed by atoms with van der Waals surface area (Å²) in [6.45, 7) is 9.49. The van der Waals surface area contributed by atoms with E-state index in [2.05, 4.69) is 41.5 Å². The van der Waals surface area contributed by atoms with Crippen LogP contribution in [0.25, 0.3) is 0 Å². The summed E-state index contributed by atoms with van der Waals surface area (Å²) in [5.74, 6) is -0.602. The molecule has 17 nitrogen and oxygen atoms in total. The molecule has 0 spiro atoms. The van der Waals surface area contributed by atoms with Gasteiger partial charge < -0.3 is 33.8 Å².